The van der Waals surface area contributed by atoms with Gasteiger partial charge in [0.25, 0.3) is 0 Å². The fraction of sp³-hybridized carbons (Fsp3) is 0.556. The first kappa shape index (κ1) is 30.3. The number of hydrogen-bond acceptors (Lipinski definition) is 12. The summed E-state index contributed by atoms with van der Waals surface area (Å²) in [6.45, 7) is 4.93. The minimum Gasteiger partial charge on any atom is -0.461 e. The molecule has 0 amide bonds. The van der Waals surface area contributed by atoms with Crippen molar-refractivity contribution in [3.63, 3.8) is 0 Å². The smallest absolute Gasteiger partial charge is 0.459 e. The van der Waals surface area contributed by atoms with Crippen LogP contribution in [0.3, 0.4) is 0 Å². The molecule has 1 aromatic carbocycles. The van der Waals surface area contributed by atoms with Crippen LogP contribution in [-0.4, -0.2) is 72.3 Å². The molecule has 1 aliphatic carbocycles. The van der Waals surface area contributed by atoms with Crippen LogP contribution in [0, 0.1) is 6.92 Å². The molecular weight excluding hydrogens is 567 g/mol. The number of esters is 1. The summed E-state index contributed by atoms with van der Waals surface area (Å²) in [7, 11) is -4.28. The summed E-state index contributed by atoms with van der Waals surface area (Å²) in [5, 5.41) is 24.5. The Balaban J connectivity index is 1.33. The highest BCUT2D eigenvalue weighted by Crippen LogP contribution is 2.48. The maximum absolute atomic E-state index is 14.1. The normalized spacial score (nSPS) is 26.0. The molecule has 0 spiro atoms. The summed E-state index contributed by atoms with van der Waals surface area (Å²) in [6.07, 6.45) is 0.897. The average molecular weight is 605 g/mol. The zero-order valence-electron chi connectivity index (χ0n) is 23.7. The number of carbonyl (C=O) groups is 1. The molecule has 7 atom stereocenters. The highest BCUT2D eigenvalue weighted by molar-refractivity contribution is 7.52. The van der Waals surface area contributed by atoms with Crippen LogP contribution in [0.1, 0.15) is 57.7 Å². The number of fused-ring (bicyclic) bond motifs is 1. The third-order valence-corrected chi connectivity index (χ3v) is 9.26. The number of ether oxygens (including phenoxy) is 2. The van der Waals surface area contributed by atoms with Gasteiger partial charge in [-0.05, 0) is 58.6 Å². The van der Waals surface area contributed by atoms with Gasteiger partial charge in [-0.15, -0.1) is 0 Å². The standard InChI is InChI=1S/C27H37N6O8P/c1-15-9-11-19(12-10-15)41-42(37,32-16(2)27(36)38-18-7-5-4-6-8-18)40-17(3)23-21(34)22(35)26(39-23)33-14-31-20-24(28)29-13-30-25(20)33/h9-14,16-18,21-23,26,34-35H,4-8H2,1-3H3,(H,32,37)(H2,28,29,30)/t16-,17-,21-,22+,23+,26+,42?/m0/s1. The molecule has 1 unspecified atom stereocenters. The van der Waals surface area contributed by atoms with E-state index in [0.717, 1.165) is 37.7 Å². The lowest BCUT2D eigenvalue weighted by molar-refractivity contribution is -0.152. The van der Waals surface area contributed by atoms with E-state index in [2.05, 4.69) is 20.0 Å². The molecule has 3 aromatic rings. The number of nitrogens with one attached hydrogen (secondary N) is 1. The van der Waals surface area contributed by atoms with Crippen LogP contribution in [0.15, 0.2) is 36.9 Å². The molecule has 1 saturated carbocycles. The van der Waals surface area contributed by atoms with Crippen molar-refractivity contribution in [2.45, 2.75) is 95.7 Å². The Morgan fingerprint density at radius 3 is 2.55 bits per heavy atom. The van der Waals surface area contributed by atoms with E-state index in [1.165, 1.54) is 31.1 Å². The molecule has 228 valence electrons. The summed E-state index contributed by atoms with van der Waals surface area (Å²) < 4.78 is 38.9. The molecule has 2 fully saturated rings. The molecule has 2 aromatic heterocycles. The Morgan fingerprint density at radius 1 is 1.12 bits per heavy atom. The first-order valence-corrected chi connectivity index (χ1v) is 15.6. The second kappa shape index (κ2) is 12.6. The van der Waals surface area contributed by atoms with Gasteiger partial charge in [0.15, 0.2) is 17.7 Å². The van der Waals surface area contributed by atoms with E-state index in [-0.39, 0.29) is 17.7 Å². The number of aliphatic hydroxyl groups excluding tert-OH is 2. The molecule has 5 rings (SSSR count). The first-order chi connectivity index (χ1) is 20.0. The van der Waals surface area contributed by atoms with Crippen molar-refractivity contribution in [2.24, 2.45) is 0 Å². The fourth-order valence-corrected chi connectivity index (χ4v) is 6.89. The highest BCUT2D eigenvalue weighted by atomic mass is 31.2. The largest absolute Gasteiger partial charge is 0.461 e. The number of anilines is 1. The third kappa shape index (κ3) is 6.59. The summed E-state index contributed by atoms with van der Waals surface area (Å²) in [5.41, 5.74) is 7.45. The van der Waals surface area contributed by atoms with Crippen LogP contribution in [0.2, 0.25) is 0 Å². The van der Waals surface area contributed by atoms with Crippen molar-refractivity contribution in [3.8, 4) is 5.75 Å². The number of aliphatic hydroxyl groups is 2. The maximum atomic E-state index is 14.1. The average Bonchev–Trinajstić information content (AvgIpc) is 3.52. The van der Waals surface area contributed by atoms with E-state index in [1.807, 2.05) is 6.92 Å². The van der Waals surface area contributed by atoms with Gasteiger partial charge >= 0.3 is 13.7 Å². The van der Waals surface area contributed by atoms with Gasteiger partial charge in [0, 0.05) is 0 Å². The van der Waals surface area contributed by atoms with Gasteiger partial charge in [0.1, 0.15) is 48.1 Å². The topological polar surface area (TPSA) is 193 Å². The lowest BCUT2D eigenvalue weighted by atomic mass is 9.98. The lowest BCUT2D eigenvalue weighted by Gasteiger charge is -2.29. The zero-order chi connectivity index (χ0) is 30.0. The number of nitrogen functional groups attached to an aromatic ring is 1. The molecule has 3 heterocycles. The number of nitrogens with zero attached hydrogens (tertiary/aromatic N) is 4. The first-order valence-electron chi connectivity index (χ1n) is 14.0. The van der Waals surface area contributed by atoms with Crippen LogP contribution < -0.4 is 15.3 Å². The summed E-state index contributed by atoms with van der Waals surface area (Å²) in [5.74, 6) is -0.187. The molecular formula is C27H37N6O8P. The van der Waals surface area contributed by atoms with E-state index in [4.69, 9.17) is 24.3 Å². The van der Waals surface area contributed by atoms with E-state index in [1.54, 1.807) is 24.3 Å². The molecule has 14 nitrogen and oxygen atoms in total. The van der Waals surface area contributed by atoms with Crippen LogP contribution in [-0.2, 0) is 23.4 Å². The van der Waals surface area contributed by atoms with Gasteiger partial charge in [0.05, 0.1) is 12.4 Å². The van der Waals surface area contributed by atoms with Gasteiger partial charge in [-0.25, -0.2) is 19.5 Å². The molecule has 42 heavy (non-hydrogen) atoms. The number of benzene rings is 1. The maximum Gasteiger partial charge on any atom is 0.459 e. The Bertz CT molecular complexity index is 1430. The second-order valence-electron chi connectivity index (χ2n) is 10.8. The summed E-state index contributed by atoms with van der Waals surface area (Å²) >= 11 is 0. The number of carbonyl (C=O) groups excluding carboxylic acids is 1. The number of aryl methyl sites for hydroxylation is 1. The third-order valence-electron chi connectivity index (χ3n) is 7.49. The Labute approximate surface area is 243 Å². The number of imidazole rings is 1. The molecule has 1 aliphatic heterocycles. The quantitative estimate of drug-likeness (QED) is 0.195. The summed E-state index contributed by atoms with van der Waals surface area (Å²) in [4.78, 5) is 25.1. The predicted molar refractivity (Wildman–Crippen MR) is 151 cm³/mol. The monoisotopic (exact) mass is 604 g/mol. The minimum absolute atomic E-state index is 0.149. The van der Waals surface area contributed by atoms with E-state index in [9.17, 15) is 19.6 Å². The van der Waals surface area contributed by atoms with Gasteiger partial charge in [-0.1, -0.05) is 24.1 Å². The summed E-state index contributed by atoms with van der Waals surface area (Å²) in [6, 6.07) is 5.77. The van der Waals surface area contributed by atoms with Crippen molar-refractivity contribution >= 4 is 30.7 Å². The van der Waals surface area contributed by atoms with Gasteiger partial charge in [0.2, 0.25) is 0 Å². The second-order valence-corrected chi connectivity index (χ2v) is 12.5. The predicted octanol–water partition coefficient (Wildman–Crippen LogP) is 2.78. The van der Waals surface area contributed by atoms with Crippen molar-refractivity contribution in [3.05, 3.63) is 42.5 Å². The number of hydrogen-bond donors (Lipinski definition) is 4. The van der Waals surface area contributed by atoms with Gasteiger partial charge in [-0.2, -0.15) is 5.09 Å². The van der Waals surface area contributed by atoms with Crippen LogP contribution in [0.5, 0.6) is 5.75 Å². The zero-order valence-corrected chi connectivity index (χ0v) is 24.6. The Kier molecular flexibility index (Phi) is 9.11. The molecule has 5 N–H and O–H groups in total. The van der Waals surface area contributed by atoms with E-state index >= 15 is 0 Å². The molecule has 1 saturated heterocycles. The number of aromatic nitrogens is 4. The van der Waals surface area contributed by atoms with Crippen LogP contribution >= 0.6 is 7.75 Å². The Hall–Kier alpha value is -3.13. The van der Waals surface area contributed by atoms with E-state index in [0.29, 0.717) is 11.2 Å². The highest BCUT2D eigenvalue weighted by Gasteiger charge is 2.49. The van der Waals surface area contributed by atoms with Crippen LogP contribution in [0.4, 0.5) is 5.82 Å². The SMILES string of the molecule is Cc1ccc(OP(=O)(N[C@@H](C)C(=O)OC2CCCCC2)O[C@@H](C)[C@H]2O[C@@H](n3cnc4c(N)ncnc43)[C@H](O)[C@@H]2O)cc1. The molecule has 0 bridgehead atoms. The van der Waals surface area contributed by atoms with E-state index < -0.39 is 50.4 Å². The minimum atomic E-state index is -4.28. The van der Waals surface area contributed by atoms with Crippen molar-refractivity contribution in [1.82, 2.24) is 24.6 Å². The van der Waals surface area contributed by atoms with Gasteiger partial charge in [-0.3, -0.25) is 13.9 Å². The number of nitrogens with two attached hydrogens (primary N) is 1. The van der Waals surface area contributed by atoms with Gasteiger partial charge < -0.3 is 29.9 Å². The lowest BCUT2D eigenvalue weighted by Crippen LogP contribution is -2.41. The molecule has 2 aliphatic rings. The fourth-order valence-electron chi connectivity index (χ4n) is 5.19. The molecule has 0 radical (unpaired) electrons. The number of rotatable bonds is 10. The molecule has 15 heteroatoms. The Morgan fingerprint density at radius 2 is 1.83 bits per heavy atom. The van der Waals surface area contributed by atoms with Crippen molar-refractivity contribution in [2.75, 3.05) is 5.73 Å². The van der Waals surface area contributed by atoms with Crippen LogP contribution in [0.25, 0.3) is 11.2 Å². The van der Waals surface area contributed by atoms with Crippen molar-refractivity contribution < 1.29 is 38.1 Å². The van der Waals surface area contributed by atoms with Crippen molar-refractivity contribution in [1.29, 1.82) is 0 Å².